The third-order valence-corrected chi connectivity index (χ3v) is 4.18. The highest BCUT2D eigenvalue weighted by molar-refractivity contribution is 5.96. The van der Waals surface area contributed by atoms with E-state index in [1.807, 2.05) is 4.90 Å². The number of hydrogen-bond acceptors (Lipinski definition) is 5. The van der Waals surface area contributed by atoms with Gasteiger partial charge in [-0.25, -0.2) is 9.59 Å². The van der Waals surface area contributed by atoms with Crippen LogP contribution in [0, 0.1) is 11.5 Å². The summed E-state index contributed by atoms with van der Waals surface area (Å²) in [5.74, 6) is -0.367. The lowest BCUT2D eigenvalue weighted by molar-refractivity contribution is 0.0526. The lowest BCUT2D eigenvalue weighted by Crippen LogP contribution is -2.50. The first-order valence-corrected chi connectivity index (χ1v) is 7.64. The topological polar surface area (TPSA) is 76.9 Å². The van der Waals surface area contributed by atoms with Crippen molar-refractivity contribution in [3.63, 3.8) is 0 Å². The summed E-state index contributed by atoms with van der Waals surface area (Å²) in [4.78, 5) is 29.4. The molecular weight excluding hydrogens is 296 g/mol. The van der Waals surface area contributed by atoms with E-state index in [1.165, 1.54) is 0 Å². The van der Waals surface area contributed by atoms with Gasteiger partial charge in [0.15, 0.2) is 6.19 Å². The maximum absolute atomic E-state index is 12.5. The largest absolute Gasteiger partial charge is 0.462 e. The number of carbonyl (C=O) groups excluding carboxylic acids is 2. The minimum Gasteiger partial charge on any atom is -0.462 e. The number of hydrogen-bond donors (Lipinski definition) is 0. The highest BCUT2D eigenvalue weighted by Crippen LogP contribution is 2.26. The third-order valence-electron chi connectivity index (χ3n) is 4.18. The van der Waals surface area contributed by atoms with Crippen molar-refractivity contribution in [2.45, 2.75) is 13.0 Å². The molecule has 2 saturated heterocycles. The van der Waals surface area contributed by atoms with Gasteiger partial charge in [0.2, 0.25) is 0 Å². The van der Waals surface area contributed by atoms with E-state index in [2.05, 4.69) is 6.19 Å². The van der Waals surface area contributed by atoms with Gasteiger partial charge < -0.3 is 14.5 Å². The molecule has 2 fully saturated rings. The Kier molecular flexibility index (Phi) is 4.06. The minimum absolute atomic E-state index is 0.0284. The first-order valence-electron chi connectivity index (χ1n) is 7.64. The summed E-state index contributed by atoms with van der Waals surface area (Å²) in [6.07, 6.45) is 2.14. The summed E-state index contributed by atoms with van der Waals surface area (Å²) in [5, 5.41) is 9.00. The first-order chi connectivity index (χ1) is 11.1. The molecule has 2 aliphatic heterocycles. The van der Waals surface area contributed by atoms with Gasteiger partial charge in [-0.15, -0.1) is 0 Å². The van der Waals surface area contributed by atoms with Crippen LogP contribution in [0.25, 0.3) is 0 Å². The number of carbonyl (C=O) groups is 2. The number of rotatable bonds is 3. The van der Waals surface area contributed by atoms with Gasteiger partial charge in [0.05, 0.1) is 24.8 Å². The second-order valence-electron chi connectivity index (χ2n) is 5.55. The monoisotopic (exact) mass is 314 g/mol. The molecule has 0 spiro atoms. The van der Waals surface area contributed by atoms with Crippen LogP contribution in [0.2, 0.25) is 0 Å². The number of nitrogens with zero attached hydrogens (tertiary/aromatic N) is 4. The Morgan fingerprint density at radius 1 is 1.30 bits per heavy atom. The Bertz CT molecular complexity index is 652. The predicted octanol–water partition coefficient (Wildman–Crippen LogP) is 1.27. The zero-order valence-corrected chi connectivity index (χ0v) is 12.9. The van der Waals surface area contributed by atoms with Gasteiger partial charge in [0.1, 0.15) is 0 Å². The quantitative estimate of drug-likeness (QED) is 0.620. The summed E-state index contributed by atoms with van der Waals surface area (Å²) in [6.45, 7) is 4.35. The second-order valence-corrected chi connectivity index (χ2v) is 5.55. The molecule has 1 unspecified atom stereocenters. The zero-order valence-electron chi connectivity index (χ0n) is 12.9. The Morgan fingerprint density at radius 3 is 2.70 bits per heavy atom. The molecule has 0 bridgehead atoms. The normalized spacial score (nSPS) is 20.3. The SMILES string of the molecule is CCOC(=O)c1ccc(N2CC3CN(C#N)CCN3C2=O)cc1. The van der Waals surface area contributed by atoms with E-state index in [0.29, 0.717) is 38.3 Å². The van der Waals surface area contributed by atoms with Crippen LogP contribution in [0.15, 0.2) is 24.3 Å². The number of nitriles is 1. The Hall–Kier alpha value is -2.75. The van der Waals surface area contributed by atoms with Gasteiger partial charge in [-0.1, -0.05) is 0 Å². The number of ether oxygens (including phenoxy) is 1. The molecule has 0 N–H and O–H groups in total. The van der Waals surface area contributed by atoms with Crippen LogP contribution in [0.4, 0.5) is 10.5 Å². The second kappa shape index (κ2) is 6.16. The van der Waals surface area contributed by atoms with Crippen molar-refractivity contribution in [2.75, 3.05) is 37.7 Å². The Balaban J connectivity index is 1.74. The van der Waals surface area contributed by atoms with Gasteiger partial charge >= 0.3 is 12.0 Å². The number of urea groups is 1. The van der Waals surface area contributed by atoms with Crippen molar-refractivity contribution in [2.24, 2.45) is 0 Å². The van der Waals surface area contributed by atoms with Crippen molar-refractivity contribution in [1.82, 2.24) is 9.80 Å². The number of esters is 1. The summed E-state index contributed by atoms with van der Waals surface area (Å²) >= 11 is 0. The van der Waals surface area contributed by atoms with Gasteiger partial charge in [0, 0.05) is 25.3 Å². The highest BCUT2D eigenvalue weighted by Gasteiger charge is 2.41. The van der Waals surface area contributed by atoms with Crippen molar-refractivity contribution >= 4 is 17.7 Å². The third kappa shape index (κ3) is 2.80. The number of benzene rings is 1. The number of fused-ring (bicyclic) bond motifs is 1. The fraction of sp³-hybridized carbons (Fsp3) is 0.438. The van der Waals surface area contributed by atoms with Crippen LogP contribution in [0.3, 0.4) is 0 Å². The average molecular weight is 314 g/mol. The predicted molar refractivity (Wildman–Crippen MR) is 82.8 cm³/mol. The maximum Gasteiger partial charge on any atom is 0.338 e. The summed E-state index contributed by atoms with van der Waals surface area (Å²) in [7, 11) is 0. The molecule has 3 rings (SSSR count). The standard InChI is InChI=1S/C16H18N4O3/c1-2-23-15(21)12-3-5-13(6-4-12)20-10-14-9-18(11-17)7-8-19(14)16(20)22/h3-6,14H,2,7-10H2,1H3. The van der Waals surface area contributed by atoms with Crippen LogP contribution < -0.4 is 4.90 Å². The van der Waals surface area contributed by atoms with E-state index in [1.54, 1.807) is 41.0 Å². The van der Waals surface area contributed by atoms with E-state index < -0.39 is 0 Å². The van der Waals surface area contributed by atoms with Gasteiger partial charge in [-0.05, 0) is 31.2 Å². The van der Waals surface area contributed by atoms with E-state index in [-0.39, 0.29) is 18.0 Å². The van der Waals surface area contributed by atoms with Gasteiger partial charge in [0.25, 0.3) is 0 Å². The molecule has 7 heteroatoms. The van der Waals surface area contributed by atoms with Crippen LogP contribution >= 0.6 is 0 Å². The van der Waals surface area contributed by atoms with Crippen molar-refractivity contribution in [1.29, 1.82) is 5.26 Å². The molecule has 2 amide bonds. The lowest BCUT2D eigenvalue weighted by Gasteiger charge is -2.33. The van der Waals surface area contributed by atoms with E-state index in [9.17, 15) is 9.59 Å². The summed E-state index contributed by atoms with van der Waals surface area (Å²) in [6, 6.07) is 6.83. The number of amides is 2. The van der Waals surface area contributed by atoms with Crippen LogP contribution in [-0.4, -0.2) is 60.6 Å². The van der Waals surface area contributed by atoms with Crippen molar-refractivity contribution in [3.05, 3.63) is 29.8 Å². The molecule has 0 radical (unpaired) electrons. The Morgan fingerprint density at radius 2 is 2.04 bits per heavy atom. The fourth-order valence-electron chi connectivity index (χ4n) is 3.01. The average Bonchev–Trinajstić information content (AvgIpc) is 2.91. The molecular formula is C16H18N4O3. The molecule has 0 aromatic heterocycles. The van der Waals surface area contributed by atoms with E-state index in [0.717, 1.165) is 5.69 Å². The minimum atomic E-state index is -0.367. The molecule has 0 aliphatic carbocycles. The summed E-state index contributed by atoms with van der Waals surface area (Å²) in [5.41, 5.74) is 1.22. The molecule has 0 saturated carbocycles. The molecule has 1 aromatic carbocycles. The number of anilines is 1. The van der Waals surface area contributed by atoms with Crippen LogP contribution in [0.1, 0.15) is 17.3 Å². The molecule has 120 valence electrons. The lowest BCUT2D eigenvalue weighted by atomic mass is 10.2. The van der Waals surface area contributed by atoms with Crippen molar-refractivity contribution < 1.29 is 14.3 Å². The molecule has 2 heterocycles. The number of piperazine rings is 1. The Labute approximate surface area is 134 Å². The fourth-order valence-corrected chi connectivity index (χ4v) is 3.01. The van der Waals surface area contributed by atoms with Crippen LogP contribution in [-0.2, 0) is 4.74 Å². The van der Waals surface area contributed by atoms with E-state index >= 15 is 0 Å². The van der Waals surface area contributed by atoms with Gasteiger partial charge in [-0.2, -0.15) is 5.26 Å². The maximum atomic E-state index is 12.5. The van der Waals surface area contributed by atoms with E-state index in [4.69, 9.17) is 10.00 Å². The molecule has 1 atom stereocenters. The van der Waals surface area contributed by atoms with Crippen LogP contribution in [0.5, 0.6) is 0 Å². The molecule has 2 aliphatic rings. The molecule has 7 nitrogen and oxygen atoms in total. The summed E-state index contributed by atoms with van der Waals surface area (Å²) < 4.78 is 4.95. The zero-order chi connectivity index (χ0) is 16.4. The van der Waals surface area contributed by atoms with Gasteiger partial charge in [-0.3, -0.25) is 4.90 Å². The smallest absolute Gasteiger partial charge is 0.338 e. The molecule has 23 heavy (non-hydrogen) atoms. The molecule has 1 aromatic rings. The van der Waals surface area contributed by atoms with Crippen molar-refractivity contribution in [3.8, 4) is 6.19 Å². The first kappa shape index (κ1) is 15.2. The highest BCUT2D eigenvalue weighted by atomic mass is 16.5.